The molecule has 11 atom stereocenters. The Labute approximate surface area is 316 Å². The summed E-state index contributed by atoms with van der Waals surface area (Å²) in [5.74, 6) is -8.14. The van der Waals surface area contributed by atoms with Gasteiger partial charge in [0.1, 0.15) is 17.6 Å². The van der Waals surface area contributed by atoms with Crippen molar-refractivity contribution in [3.63, 3.8) is 0 Å². The number of benzene rings is 1. The standard InChI is InChI=1S/C41H55NO12/c1-13-29(51-11)19(5)37(53-23(9)43)21(7)33(45)20(6)34(46)26-15-25(26)28(44)14-18(4)40(50)42-27-16-24(17(2)3)30-31(36(27)48)35(47)22(8)38-32(30)39(49)41(10,52-12)54-38/h13-14,16-17,19-21,24-26,29,33-34,37,45-47H,1,15H2,2-12H3,(H,42,50)/b18-14-. The molecule has 0 aromatic heterocycles. The van der Waals surface area contributed by atoms with Gasteiger partial charge in [-0.15, -0.1) is 6.58 Å². The molecule has 1 saturated carbocycles. The molecule has 2 aliphatic carbocycles. The van der Waals surface area contributed by atoms with E-state index in [1.54, 1.807) is 26.0 Å². The van der Waals surface area contributed by atoms with Crippen molar-refractivity contribution in [1.82, 2.24) is 5.32 Å². The predicted molar refractivity (Wildman–Crippen MR) is 198 cm³/mol. The molecule has 13 heteroatoms. The van der Waals surface area contributed by atoms with E-state index < -0.39 is 83.2 Å². The van der Waals surface area contributed by atoms with Crippen LogP contribution < -0.4 is 10.1 Å². The Bertz CT molecular complexity index is 1780. The van der Waals surface area contributed by atoms with E-state index in [2.05, 4.69) is 11.9 Å². The summed E-state index contributed by atoms with van der Waals surface area (Å²) in [7, 11) is 2.84. The SMILES string of the molecule is C=CC(OC)C(C)C(OC(C)=O)C(C)C(O)C(C)C(O)C1CC1C(=O)/C=C(/C)C(=O)NC1=CC(C(C)C)c2c(c(O)c(C)c3c2C(=O)C(C)(OC)O3)C1=O. The van der Waals surface area contributed by atoms with Crippen molar-refractivity contribution in [2.24, 2.45) is 35.5 Å². The summed E-state index contributed by atoms with van der Waals surface area (Å²) < 4.78 is 22.2. The third-order valence-corrected chi connectivity index (χ3v) is 11.5. The largest absolute Gasteiger partial charge is 0.507 e. The second-order valence-electron chi connectivity index (χ2n) is 15.5. The lowest BCUT2D eigenvalue weighted by Crippen LogP contribution is -2.46. The highest BCUT2D eigenvalue weighted by atomic mass is 16.7. The maximum Gasteiger partial charge on any atom is 0.302 e. The zero-order valence-corrected chi connectivity index (χ0v) is 33.0. The van der Waals surface area contributed by atoms with Crippen LogP contribution in [0.15, 0.2) is 36.1 Å². The number of rotatable bonds is 16. The van der Waals surface area contributed by atoms with Crippen LogP contribution in [-0.4, -0.2) is 89.0 Å². The molecule has 3 aliphatic rings. The summed E-state index contributed by atoms with van der Waals surface area (Å²) in [5.41, 5.74) is 0.453. The second-order valence-corrected chi connectivity index (χ2v) is 15.5. The van der Waals surface area contributed by atoms with Crippen LogP contribution in [0.5, 0.6) is 11.5 Å². The van der Waals surface area contributed by atoms with E-state index in [4.69, 9.17) is 18.9 Å². The van der Waals surface area contributed by atoms with Crippen LogP contribution >= 0.6 is 0 Å². The lowest BCUT2D eigenvalue weighted by Gasteiger charge is -2.37. The number of ketones is 3. The van der Waals surface area contributed by atoms with Crippen molar-refractivity contribution in [2.45, 2.75) is 105 Å². The molecule has 13 nitrogen and oxygen atoms in total. The molecule has 11 unspecified atom stereocenters. The summed E-state index contributed by atoms with van der Waals surface area (Å²) in [4.78, 5) is 66.1. The van der Waals surface area contributed by atoms with Gasteiger partial charge in [0.15, 0.2) is 5.78 Å². The molecule has 1 aromatic carbocycles. The van der Waals surface area contributed by atoms with Crippen LogP contribution in [0.3, 0.4) is 0 Å². The number of allylic oxidation sites excluding steroid dienone is 3. The van der Waals surface area contributed by atoms with Crippen molar-refractivity contribution in [3.05, 3.63) is 58.3 Å². The minimum absolute atomic E-state index is 0.0179. The van der Waals surface area contributed by atoms with Gasteiger partial charge in [-0.2, -0.15) is 0 Å². The van der Waals surface area contributed by atoms with Gasteiger partial charge in [0.05, 0.1) is 35.1 Å². The molecule has 1 aromatic rings. The van der Waals surface area contributed by atoms with E-state index in [0.29, 0.717) is 12.0 Å². The van der Waals surface area contributed by atoms with Crippen LogP contribution in [-0.2, 0) is 28.6 Å². The topological polar surface area (TPSA) is 195 Å². The number of aromatic hydroxyl groups is 1. The van der Waals surface area contributed by atoms with Gasteiger partial charge in [0.2, 0.25) is 11.6 Å². The molecule has 4 rings (SSSR count). The van der Waals surface area contributed by atoms with E-state index in [-0.39, 0.29) is 57.1 Å². The van der Waals surface area contributed by atoms with Crippen molar-refractivity contribution < 1.29 is 58.2 Å². The van der Waals surface area contributed by atoms with E-state index >= 15 is 0 Å². The summed E-state index contributed by atoms with van der Waals surface area (Å²) in [6, 6.07) is 0. The van der Waals surface area contributed by atoms with Crippen molar-refractivity contribution in [2.75, 3.05) is 14.2 Å². The van der Waals surface area contributed by atoms with Crippen LogP contribution in [0.4, 0.5) is 0 Å². The van der Waals surface area contributed by atoms with E-state index in [1.807, 2.05) is 20.8 Å². The summed E-state index contributed by atoms with van der Waals surface area (Å²) in [6.45, 7) is 18.4. The monoisotopic (exact) mass is 753 g/mol. The number of ether oxygens (including phenoxy) is 4. The zero-order valence-electron chi connectivity index (χ0n) is 33.0. The lowest BCUT2D eigenvalue weighted by molar-refractivity contribution is -0.160. The Morgan fingerprint density at radius 2 is 1.67 bits per heavy atom. The molecule has 0 spiro atoms. The number of Topliss-reactive ketones (excluding diaryl/α,β-unsaturated/α-hetero) is 2. The first-order valence-electron chi connectivity index (χ1n) is 18.3. The average Bonchev–Trinajstić information content (AvgIpc) is 3.88. The highest BCUT2D eigenvalue weighted by Crippen LogP contribution is 2.51. The van der Waals surface area contributed by atoms with Gasteiger partial charge >= 0.3 is 5.97 Å². The second kappa shape index (κ2) is 16.3. The first-order valence-corrected chi connectivity index (χ1v) is 18.3. The quantitative estimate of drug-likeness (QED) is 0.105. The number of hydrogen-bond donors (Lipinski definition) is 4. The number of fused-ring (bicyclic) bond motifs is 3. The predicted octanol–water partition coefficient (Wildman–Crippen LogP) is 4.49. The maximum atomic E-state index is 13.9. The number of esters is 1. The number of amides is 1. The number of aliphatic hydroxyl groups excluding tert-OH is 2. The molecule has 54 heavy (non-hydrogen) atoms. The Balaban J connectivity index is 1.48. The molecule has 1 heterocycles. The van der Waals surface area contributed by atoms with Gasteiger partial charge in [0.25, 0.3) is 11.7 Å². The van der Waals surface area contributed by atoms with Crippen molar-refractivity contribution in [3.8, 4) is 11.5 Å². The summed E-state index contributed by atoms with van der Waals surface area (Å²) in [6.07, 6.45) is 1.28. The molecule has 1 aliphatic heterocycles. The number of aliphatic hydroxyl groups is 2. The number of carbonyl (C=O) groups excluding carboxylic acids is 5. The number of carbonyl (C=O) groups is 5. The van der Waals surface area contributed by atoms with Crippen LogP contribution in [0, 0.1) is 42.4 Å². The maximum absolute atomic E-state index is 13.9. The third kappa shape index (κ3) is 7.82. The first-order chi connectivity index (χ1) is 25.2. The summed E-state index contributed by atoms with van der Waals surface area (Å²) >= 11 is 0. The fraction of sp³-hybridized carbons (Fsp3) is 0.585. The van der Waals surface area contributed by atoms with Crippen molar-refractivity contribution >= 4 is 29.2 Å². The van der Waals surface area contributed by atoms with E-state index in [9.17, 15) is 39.3 Å². The molecule has 1 amide bonds. The molecular weight excluding hydrogens is 698 g/mol. The minimum Gasteiger partial charge on any atom is -0.507 e. The molecule has 296 valence electrons. The van der Waals surface area contributed by atoms with Crippen LogP contribution in [0.25, 0.3) is 0 Å². The fourth-order valence-corrected chi connectivity index (χ4v) is 7.86. The highest BCUT2D eigenvalue weighted by Gasteiger charge is 2.52. The Kier molecular flexibility index (Phi) is 12.8. The molecule has 4 N–H and O–H groups in total. The smallest absolute Gasteiger partial charge is 0.302 e. The van der Waals surface area contributed by atoms with Crippen molar-refractivity contribution in [1.29, 1.82) is 0 Å². The molecular formula is C41H55NO12. The normalized spacial score (nSPS) is 25.9. The number of nitrogens with one attached hydrogen (secondary N) is 1. The molecule has 0 radical (unpaired) electrons. The molecule has 0 saturated heterocycles. The molecule has 1 fully saturated rings. The Morgan fingerprint density at radius 1 is 1.04 bits per heavy atom. The zero-order chi connectivity index (χ0) is 40.7. The third-order valence-electron chi connectivity index (χ3n) is 11.5. The van der Waals surface area contributed by atoms with E-state index in [0.717, 1.165) is 0 Å². The van der Waals surface area contributed by atoms with Gasteiger partial charge in [-0.25, -0.2) is 0 Å². The van der Waals surface area contributed by atoms with E-state index in [1.165, 1.54) is 48.0 Å². The minimum atomic E-state index is -1.63. The van der Waals surface area contributed by atoms with Crippen LogP contribution in [0.1, 0.15) is 99.6 Å². The first kappa shape index (κ1) is 42.6. The number of hydrogen-bond acceptors (Lipinski definition) is 12. The summed E-state index contributed by atoms with van der Waals surface area (Å²) in [5, 5.41) is 36.4. The number of phenolic OH excluding ortho intramolecular Hbond substituents is 1. The fourth-order valence-electron chi connectivity index (χ4n) is 7.86. The van der Waals surface area contributed by atoms with Gasteiger partial charge < -0.3 is 39.6 Å². The lowest BCUT2D eigenvalue weighted by atomic mass is 9.75. The number of phenols is 1. The Hall–Kier alpha value is -4.17. The van der Waals surface area contributed by atoms with Gasteiger partial charge in [-0.05, 0) is 49.8 Å². The Morgan fingerprint density at radius 3 is 2.20 bits per heavy atom. The van der Waals surface area contributed by atoms with Gasteiger partial charge in [-0.3, -0.25) is 24.0 Å². The molecule has 0 bridgehead atoms. The highest BCUT2D eigenvalue weighted by molar-refractivity contribution is 6.19. The van der Waals surface area contributed by atoms with Gasteiger partial charge in [0, 0.05) is 68.8 Å². The number of methoxy groups -OCH3 is 2. The average molecular weight is 754 g/mol. The van der Waals surface area contributed by atoms with Crippen LogP contribution in [0.2, 0.25) is 0 Å². The van der Waals surface area contributed by atoms with Gasteiger partial charge in [-0.1, -0.05) is 40.7 Å².